The van der Waals surface area contributed by atoms with Gasteiger partial charge in [-0.15, -0.1) is 0 Å². The number of amides is 1. The maximum atomic E-state index is 13.9. The van der Waals surface area contributed by atoms with Gasteiger partial charge in [0.2, 0.25) is 5.43 Å². The Balaban J connectivity index is 2.47. The maximum absolute atomic E-state index is 13.9. The molecule has 1 aromatic heterocycles. The van der Waals surface area contributed by atoms with E-state index in [1.165, 1.54) is 6.08 Å². The van der Waals surface area contributed by atoms with Gasteiger partial charge in [-0.3, -0.25) is 14.3 Å². The summed E-state index contributed by atoms with van der Waals surface area (Å²) in [5.41, 5.74) is 0.308. The lowest BCUT2D eigenvalue weighted by Crippen LogP contribution is -2.36. The molecule has 0 bridgehead atoms. The number of ether oxygens (including phenoxy) is 2. The summed E-state index contributed by atoms with van der Waals surface area (Å²) in [6.07, 6.45) is 4.02. The van der Waals surface area contributed by atoms with Gasteiger partial charge in [0.05, 0.1) is 20.3 Å². The molecule has 0 aliphatic heterocycles. The van der Waals surface area contributed by atoms with Crippen LogP contribution in [0.2, 0.25) is 0 Å². The number of nitrogens with one attached hydrogen (secondary N) is 2. The summed E-state index contributed by atoms with van der Waals surface area (Å²) in [5, 5.41) is 5.02. The lowest BCUT2D eigenvalue weighted by molar-refractivity contribution is 0.0583. The number of halogens is 3. The van der Waals surface area contributed by atoms with E-state index in [1.54, 1.807) is 19.9 Å². The van der Waals surface area contributed by atoms with Crippen molar-refractivity contribution in [1.82, 2.24) is 9.99 Å². The summed E-state index contributed by atoms with van der Waals surface area (Å²) in [7, 11) is 2.17. The first-order valence-electron chi connectivity index (χ1n) is 10.1. The van der Waals surface area contributed by atoms with Crippen molar-refractivity contribution in [2.75, 3.05) is 19.6 Å². The molecule has 1 aromatic carbocycles. The van der Waals surface area contributed by atoms with Gasteiger partial charge in [-0.05, 0) is 13.8 Å². The monoisotopic (exact) mass is 496 g/mol. The van der Waals surface area contributed by atoms with Crippen LogP contribution in [-0.2, 0) is 11.3 Å². The number of aromatic nitrogens is 1. The number of benzene rings is 1. The van der Waals surface area contributed by atoms with Crippen LogP contribution in [0.25, 0.3) is 0 Å². The quantitative estimate of drug-likeness (QED) is 0.294. The topological polar surface area (TPSA) is 128 Å². The van der Waals surface area contributed by atoms with Gasteiger partial charge < -0.3 is 20.2 Å². The average Bonchev–Trinajstić information content (AvgIpc) is 2.81. The van der Waals surface area contributed by atoms with E-state index in [0.29, 0.717) is 12.1 Å². The Labute approximate surface area is 197 Å². The summed E-state index contributed by atoms with van der Waals surface area (Å²) in [6.45, 7) is 2.49. The SMILES string of the molecule is COC(=O)c1c(OC)c(=O)c(C(=O)NCc2c(F)cc(F)cc2F)cn1N[C@H](C)/C=C\[C@H](C)N=O. The fraction of sp³-hybridized carbons (Fsp3) is 0.318. The molecule has 0 unspecified atom stereocenters. The van der Waals surface area contributed by atoms with E-state index in [0.717, 1.165) is 25.1 Å². The Morgan fingerprint density at radius 2 is 1.77 bits per heavy atom. The highest BCUT2D eigenvalue weighted by molar-refractivity contribution is 5.97. The van der Waals surface area contributed by atoms with Crippen LogP contribution in [0.4, 0.5) is 13.2 Å². The molecule has 0 fully saturated rings. The highest BCUT2D eigenvalue weighted by Gasteiger charge is 2.26. The van der Waals surface area contributed by atoms with Crippen molar-refractivity contribution in [1.29, 1.82) is 0 Å². The zero-order chi connectivity index (χ0) is 26.3. The van der Waals surface area contributed by atoms with Crippen molar-refractivity contribution < 1.29 is 32.2 Å². The minimum Gasteiger partial charge on any atom is -0.490 e. The van der Waals surface area contributed by atoms with Crippen LogP contribution in [-0.4, -0.2) is 42.9 Å². The Morgan fingerprint density at radius 1 is 1.14 bits per heavy atom. The molecular weight excluding hydrogens is 473 g/mol. The second kappa shape index (κ2) is 11.8. The van der Waals surface area contributed by atoms with Crippen LogP contribution in [0.5, 0.6) is 5.75 Å². The number of nitroso groups, excluding NO2 is 1. The van der Waals surface area contributed by atoms with Crippen molar-refractivity contribution in [2.24, 2.45) is 5.18 Å². The van der Waals surface area contributed by atoms with Crippen LogP contribution in [0.15, 0.2) is 40.5 Å². The number of carbonyl (C=O) groups is 2. The Hall–Kier alpha value is -4.16. The van der Waals surface area contributed by atoms with E-state index < -0.39 is 70.3 Å². The highest BCUT2D eigenvalue weighted by atomic mass is 19.1. The van der Waals surface area contributed by atoms with Gasteiger partial charge in [0.25, 0.3) is 5.91 Å². The number of rotatable bonds is 10. The van der Waals surface area contributed by atoms with Gasteiger partial charge in [-0.2, -0.15) is 4.91 Å². The number of hydrogen-bond donors (Lipinski definition) is 2. The number of pyridine rings is 1. The van der Waals surface area contributed by atoms with Crippen LogP contribution in [0.1, 0.15) is 40.3 Å². The van der Waals surface area contributed by atoms with Crippen molar-refractivity contribution >= 4 is 11.9 Å². The number of nitrogens with zero attached hydrogens (tertiary/aromatic N) is 2. The molecule has 13 heteroatoms. The maximum Gasteiger partial charge on any atom is 0.360 e. The summed E-state index contributed by atoms with van der Waals surface area (Å²) in [6, 6.07) is -0.276. The van der Waals surface area contributed by atoms with E-state index in [9.17, 15) is 32.5 Å². The fourth-order valence-corrected chi connectivity index (χ4v) is 2.96. The van der Waals surface area contributed by atoms with Crippen molar-refractivity contribution in [2.45, 2.75) is 32.5 Å². The molecule has 10 nitrogen and oxygen atoms in total. The first-order valence-corrected chi connectivity index (χ1v) is 10.1. The van der Waals surface area contributed by atoms with E-state index in [4.69, 9.17) is 9.47 Å². The lowest BCUT2D eigenvalue weighted by Gasteiger charge is -2.21. The first-order chi connectivity index (χ1) is 16.5. The summed E-state index contributed by atoms with van der Waals surface area (Å²) in [4.78, 5) is 48.5. The molecule has 0 radical (unpaired) electrons. The predicted molar refractivity (Wildman–Crippen MR) is 119 cm³/mol. The summed E-state index contributed by atoms with van der Waals surface area (Å²) < 4.78 is 51.7. The molecule has 0 aliphatic rings. The predicted octanol–water partition coefficient (Wildman–Crippen LogP) is 2.63. The molecule has 1 amide bonds. The highest BCUT2D eigenvalue weighted by Crippen LogP contribution is 2.17. The Kier molecular flexibility index (Phi) is 9.14. The normalized spacial score (nSPS) is 12.7. The van der Waals surface area contributed by atoms with Crippen LogP contribution >= 0.6 is 0 Å². The number of carbonyl (C=O) groups excluding carboxylic acids is 2. The van der Waals surface area contributed by atoms with E-state index in [-0.39, 0.29) is 5.69 Å². The van der Waals surface area contributed by atoms with Crippen LogP contribution in [0.3, 0.4) is 0 Å². The molecule has 0 spiro atoms. The van der Waals surface area contributed by atoms with E-state index in [1.807, 2.05) is 0 Å². The van der Waals surface area contributed by atoms with Crippen molar-refractivity contribution in [3.63, 3.8) is 0 Å². The molecule has 0 saturated carbocycles. The Morgan fingerprint density at radius 3 is 2.31 bits per heavy atom. The third-order valence-corrected chi connectivity index (χ3v) is 4.71. The third kappa shape index (κ3) is 6.46. The van der Waals surface area contributed by atoms with E-state index >= 15 is 0 Å². The molecule has 188 valence electrons. The van der Waals surface area contributed by atoms with Crippen LogP contribution < -0.4 is 20.9 Å². The zero-order valence-corrected chi connectivity index (χ0v) is 19.2. The number of hydrogen-bond acceptors (Lipinski definition) is 8. The standard InChI is InChI=1S/C22H23F3N4O6/c1-11(5-6-12(2)28-33)27-29-10-15(19(30)20(34-3)18(29)22(32)35-4)21(31)26-9-14-16(24)7-13(23)8-17(14)25/h5-8,10-12,27H,9H2,1-4H3,(H,26,31)/b6-5-/t11-,12+/m1/s1. The minimum absolute atomic E-state index is 0.367. The molecule has 2 aromatic rings. The molecule has 1 heterocycles. The molecule has 2 rings (SSSR count). The molecule has 0 aliphatic carbocycles. The van der Waals surface area contributed by atoms with Crippen LogP contribution in [0, 0.1) is 22.4 Å². The van der Waals surface area contributed by atoms with Gasteiger partial charge in [-0.1, -0.05) is 17.3 Å². The lowest BCUT2D eigenvalue weighted by atomic mass is 10.1. The second-order valence-electron chi connectivity index (χ2n) is 7.29. The molecular formula is C22H23F3N4O6. The first kappa shape index (κ1) is 27.1. The largest absolute Gasteiger partial charge is 0.490 e. The average molecular weight is 496 g/mol. The number of methoxy groups -OCH3 is 2. The summed E-state index contributed by atoms with van der Waals surface area (Å²) in [5.74, 6) is -6.12. The molecule has 35 heavy (non-hydrogen) atoms. The molecule has 2 N–H and O–H groups in total. The van der Waals surface area contributed by atoms with Gasteiger partial charge in [0.15, 0.2) is 11.4 Å². The zero-order valence-electron chi connectivity index (χ0n) is 19.2. The van der Waals surface area contributed by atoms with Gasteiger partial charge in [0, 0.05) is 30.4 Å². The Bertz CT molecular complexity index is 1190. The summed E-state index contributed by atoms with van der Waals surface area (Å²) >= 11 is 0. The fourth-order valence-electron chi connectivity index (χ4n) is 2.96. The van der Waals surface area contributed by atoms with E-state index in [2.05, 4.69) is 15.9 Å². The smallest absolute Gasteiger partial charge is 0.360 e. The molecule has 2 atom stereocenters. The van der Waals surface area contributed by atoms with Crippen molar-refractivity contribution in [3.8, 4) is 5.75 Å². The van der Waals surface area contributed by atoms with Gasteiger partial charge in [0.1, 0.15) is 29.1 Å². The van der Waals surface area contributed by atoms with Gasteiger partial charge in [-0.25, -0.2) is 18.0 Å². The minimum atomic E-state index is -1.22. The number of esters is 1. The third-order valence-electron chi connectivity index (χ3n) is 4.71. The molecule has 0 saturated heterocycles. The van der Waals surface area contributed by atoms with Gasteiger partial charge >= 0.3 is 5.97 Å². The van der Waals surface area contributed by atoms with Crippen molar-refractivity contribution in [3.05, 3.63) is 79.9 Å². The second-order valence-corrected chi connectivity index (χ2v) is 7.29.